The number of nitrogens with one attached hydrogen (secondary N) is 1. The van der Waals surface area contributed by atoms with Gasteiger partial charge in [0, 0.05) is 13.1 Å². The van der Waals surface area contributed by atoms with Crippen molar-refractivity contribution in [2.75, 3.05) is 13.7 Å². The Balaban J connectivity index is 1.88. The molecule has 0 heterocycles. The summed E-state index contributed by atoms with van der Waals surface area (Å²) in [6.45, 7) is 4.24. The molecule has 0 unspecified atom stereocenters. The van der Waals surface area contributed by atoms with Gasteiger partial charge in [0.15, 0.2) is 11.5 Å². The van der Waals surface area contributed by atoms with Gasteiger partial charge in [-0.15, -0.1) is 0 Å². The van der Waals surface area contributed by atoms with E-state index in [1.807, 2.05) is 18.2 Å². The fraction of sp³-hybridized carbons (Fsp3) is 0.368. The summed E-state index contributed by atoms with van der Waals surface area (Å²) in [4.78, 5) is 0. The van der Waals surface area contributed by atoms with Crippen molar-refractivity contribution < 1.29 is 13.9 Å². The number of benzene rings is 2. The van der Waals surface area contributed by atoms with Crippen LogP contribution in [0.5, 0.6) is 11.5 Å². The van der Waals surface area contributed by atoms with E-state index < -0.39 is 0 Å². The van der Waals surface area contributed by atoms with Gasteiger partial charge in [0.2, 0.25) is 0 Å². The Hall–Kier alpha value is -2.07. The van der Waals surface area contributed by atoms with Crippen molar-refractivity contribution in [3.63, 3.8) is 0 Å². The lowest BCUT2D eigenvalue weighted by molar-refractivity contribution is 0.288. The molecule has 124 valence electrons. The number of unbranched alkanes of at least 4 members (excludes halogenated alkanes) is 1. The monoisotopic (exact) mass is 317 g/mol. The highest BCUT2D eigenvalue weighted by atomic mass is 19.1. The summed E-state index contributed by atoms with van der Waals surface area (Å²) < 4.78 is 24.0. The van der Waals surface area contributed by atoms with E-state index in [0.29, 0.717) is 19.7 Å². The van der Waals surface area contributed by atoms with Crippen molar-refractivity contribution in [1.82, 2.24) is 5.32 Å². The van der Waals surface area contributed by atoms with Gasteiger partial charge < -0.3 is 14.8 Å². The van der Waals surface area contributed by atoms with Crippen LogP contribution in [0.4, 0.5) is 4.39 Å². The molecule has 0 atom stereocenters. The van der Waals surface area contributed by atoms with Gasteiger partial charge >= 0.3 is 0 Å². The Labute approximate surface area is 137 Å². The quantitative estimate of drug-likeness (QED) is 0.699. The molecule has 0 aliphatic heterocycles. The molecular formula is C19H24FNO2. The Morgan fingerprint density at radius 2 is 1.65 bits per heavy atom. The maximum Gasteiger partial charge on any atom is 0.161 e. The average molecular weight is 317 g/mol. The molecule has 0 amide bonds. The fourth-order valence-electron chi connectivity index (χ4n) is 2.22. The molecule has 1 N–H and O–H groups in total. The second-order valence-corrected chi connectivity index (χ2v) is 5.42. The number of hydrogen-bond acceptors (Lipinski definition) is 3. The van der Waals surface area contributed by atoms with Gasteiger partial charge in [-0.2, -0.15) is 0 Å². The topological polar surface area (TPSA) is 30.5 Å². The van der Waals surface area contributed by atoms with Gasteiger partial charge in [0.25, 0.3) is 0 Å². The molecule has 2 aromatic carbocycles. The molecule has 23 heavy (non-hydrogen) atoms. The Kier molecular flexibility index (Phi) is 6.88. The molecule has 0 bridgehead atoms. The van der Waals surface area contributed by atoms with E-state index in [1.54, 1.807) is 19.2 Å². The second-order valence-electron chi connectivity index (χ2n) is 5.42. The third-order valence-electron chi connectivity index (χ3n) is 3.55. The van der Waals surface area contributed by atoms with Crippen molar-refractivity contribution >= 4 is 0 Å². The predicted molar refractivity (Wildman–Crippen MR) is 90.3 cm³/mol. The van der Waals surface area contributed by atoms with E-state index in [2.05, 4.69) is 12.2 Å². The van der Waals surface area contributed by atoms with Crippen molar-refractivity contribution in [2.24, 2.45) is 0 Å². The maximum absolute atomic E-state index is 12.9. The van der Waals surface area contributed by atoms with Crippen molar-refractivity contribution in [2.45, 2.75) is 32.9 Å². The van der Waals surface area contributed by atoms with Crippen LogP contribution >= 0.6 is 0 Å². The van der Waals surface area contributed by atoms with Gasteiger partial charge in [-0.05, 0) is 41.8 Å². The standard InChI is InChI=1S/C19H24FNO2/c1-3-4-11-23-18-10-7-16(12-19(18)22-2)14-21-13-15-5-8-17(20)9-6-15/h5-10,12,21H,3-4,11,13-14H2,1-2H3. The number of hydrogen-bond donors (Lipinski definition) is 1. The van der Waals surface area contributed by atoms with Crippen molar-refractivity contribution in [3.8, 4) is 11.5 Å². The Bertz CT molecular complexity index is 599. The zero-order chi connectivity index (χ0) is 16.5. The lowest BCUT2D eigenvalue weighted by atomic mass is 10.2. The molecule has 0 fully saturated rings. The first-order valence-electron chi connectivity index (χ1n) is 7.97. The van der Waals surface area contributed by atoms with Crippen LogP contribution in [-0.4, -0.2) is 13.7 Å². The van der Waals surface area contributed by atoms with E-state index in [4.69, 9.17) is 9.47 Å². The van der Waals surface area contributed by atoms with Crippen LogP contribution in [-0.2, 0) is 13.1 Å². The summed E-state index contributed by atoms with van der Waals surface area (Å²) in [5, 5.41) is 3.34. The molecule has 0 saturated heterocycles. The van der Waals surface area contributed by atoms with Crippen LogP contribution in [0.2, 0.25) is 0 Å². The van der Waals surface area contributed by atoms with E-state index in [-0.39, 0.29) is 5.82 Å². The lowest BCUT2D eigenvalue weighted by Gasteiger charge is -2.12. The van der Waals surface area contributed by atoms with Gasteiger partial charge in [0.05, 0.1) is 13.7 Å². The van der Waals surface area contributed by atoms with Crippen LogP contribution in [0.3, 0.4) is 0 Å². The average Bonchev–Trinajstić information content (AvgIpc) is 2.58. The number of halogens is 1. The molecule has 2 rings (SSSR count). The SMILES string of the molecule is CCCCOc1ccc(CNCc2ccc(F)cc2)cc1OC. The summed E-state index contributed by atoms with van der Waals surface area (Å²) in [7, 11) is 1.65. The zero-order valence-corrected chi connectivity index (χ0v) is 13.8. The number of rotatable bonds is 9. The van der Waals surface area contributed by atoms with Crippen LogP contribution in [0.15, 0.2) is 42.5 Å². The van der Waals surface area contributed by atoms with E-state index >= 15 is 0 Å². The highest BCUT2D eigenvalue weighted by Crippen LogP contribution is 2.28. The molecule has 0 spiro atoms. The Morgan fingerprint density at radius 3 is 2.35 bits per heavy atom. The normalized spacial score (nSPS) is 10.6. The third-order valence-corrected chi connectivity index (χ3v) is 3.55. The molecule has 0 saturated carbocycles. The minimum Gasteiger partial charge on any atom is -0.493 e. The summed E-state index contributed by atoms with van der Waals surface area (Å²) in [6.07, 6.45) is 2.14. The van der Waals surface area contributed by atoms with Gasteiger partial charge in [-0.1, -0.05) is 31.5 Å². The zero-order valence-electron chi connectivity index (χ0n) is 13.8. The van der Waals surface area contributed by atoms with Gasteiger partial charge in [0.1, 0.15) is 5.82 Å². The fourth-order valence-corrected chi connectivity index (χ4v) is 2.22. The van der Waals surface area contributed by atoms with Crippen LogP contribution in [0.25, 0.3) is 0 Å². The first-order valence-corrected chi connectivity index (χ1v) is 7.97. The third kappa shape index (κ3) is 5.57. The molecule has 0 aliphatic carbocycles. The highest BCUT2D eigenvalue weighted by Gasteiger charge is 2.05. The van der Waals surface area contributed by atoms with E-state index in [0.717, 1.165) is 35.5 Å². The minimum atomic E-state index is -0.211. The largest absolute Gasteiger partial charge is 0.493 e. The smallest absolute Gasteiger partial charge is 0.161 e. The summed E-state index contributed by atoms with van der Waals surface area (Å²) in [5.41, 5.74) is 2.17. The molecule has 0 aliphatic rings. The van der Waals surface area contributed by atoms with Crippen molar-refractivity contribution in [3.05, 3.63) is 59.4 Å². The highest BCUT2D eigenvalue weighted by molar-refractivity contribution is 5.43. The molecule has 0 aromatic heterocycles. The molecule has 0 radical (unpaired) electrons. The first-order chi connectivity index (χ1) is 11.2. The predicted octanol–water partition coefficient (Wildman–Crippen LogP) is 4.30. The number of methoxy groups -OCH3 is 1. The minimum absolute atomic E-state index is 0.211. The van der Waals surface area contributed by atoms with Gasteiger partial charge in [-0.25, -0.2) is 4.39 Å². The molecule has 3 nitrogen and oxygen atoms in total. The van der Waals surface area contributed by atoms with Crippen LogP contribution in [0, 0.1) is 5.82 Å². The molecule has 4 heteroatoms. The number of ether oxygens (including phenoxy) is 2. The second kappa shape index (κ2) is 9.16. The molecule has 2 aromatic rings. The summed E-state index contributed by atoms with van der Waals surface area (Å²) in [5.74, 6) is 1.32. The van der Waals surface area contributed by atoms with E-state index in [1.165, 1.54) is 12.1 Å². The van der Waals surface area contributed by atoms with Crippen LogP contribution in [0.1, 0.15) is 30.9 Å². The van der Waals surface area contributed by atoms with Crippen molar-refractivity contribution in [1.29, 1.82) is 0 Å². The van der Waals surface area contributed by atoms with E-state index in [9.17, 15) is 4.39 Å². The van der Waals surface area contributed by atoms with Gasteiger partial charge in [-0.3, -0.25) is 0 Å². The summed E-state index contributed by atoms with van der Waals surface area (Å²) in [6, 6.07) is 12.5. The Morgan fingerprint density at radius 1 is 0.957 bits per heavy atom. The molecular weight excluding hydrogens is 293 g/mol. The lowest BCUT2D eigenvalue weighted by Crippen LogP contribution is -2.12. The summed E-state index contributed by atoms with van der Waals surface area (Å²) >= 11 is 0. The van der Waals surface area contributed by atoms with Crippen LogP contribution < -0.4 is 14.8 Å². The maximum atomic E-state index is 12.9. The first kappa shape index (κ1) is 17.3.